The standard InChI is InChI=1S/C15H25ClN2/c1-5-9-18(12(3)4)15-8-7-14(16)10-13(15)11-17-6-2/h7-8,10,12,17H,5-6,9,11H2,1-4H3. The summed E-state index contributed by atoms with van der Waals surface area (Å²) in [6.45, 7) is 11.7. The van der Waals surface area contributed by atoms with Crippen LogP contribution in [0, 0.1) is 0 Å². The average molecular weight is 269 g/mol. The van der Waals surface area contributed by atoms with Crippen molar-refractivity contribution in [1.82, 2.24) is 5.32 Å². The molecule has 0 saturated carbocycles. The second-order valence-electron chi connectivity index (χ2n) is 4.84. The number of nitrogens with one attached hydrogen (secondary N) is 1. The van der Waals surface area contributed by atoms with Crippen molar-refractivity contribution in [2.24, 2.45) is 0 Å². The van der Waals surface area contributed by atoms with E-state index in [-0.39, 0.29) is 0 Å². The van der Waals surface area contributed by atoms with Gasteiger partial charge in [0, 0.05) is 29.8 Å². The minimum absolute atomic E-state index is 0.506. The van der Waals surface area contributed by atoms with E-state index in [1.807, 2.05) is 6.07 Å². The maximum absolute atomic E-state index is 6.11. The summed E-state index contributed by atoms with van der Waals surface area (Å²) in [5, 5.41) is 4.19. The summed E-state index contributed by atoms with van der Waals surface area (Å²) in [7, 11) is 0. The Bertz CT molecular complexity index is 364. The third-order valence-corrected chi connectivity index (χ3v) is 3.24. The highest BCUT2D eigenvalue weighted by Gasteiger charge is 2.13. The van der Waals surface area contributed by atoms with Crippen LogP contribution in [0.5, 0.6) is 0 Å². The minimum Gasteiger partial charge on any atom is -0.369 e. The van der Waals surface area contributed by atoms with Gasteiger partial charge < -0.3 is 10.2 Å². The predicted molar refractivity (Wildman–Crippen MR) is 81.6 cm³/mol. The Morgan fingerprint density at radius 1 is 1.28 bits per heavy atom. The molecule has 1 rings (SSSR count). The summed E-state index contributed by atoms with van der Waals surface area (Å²) in [6, 6.07) is 6.71. The zero-order chi connectivity index (χ0) is 13.5. The fraction of sp³-hybridized carbons (Fsp3) is 0.600. The fourth-order valence-electron chi connectivity index (χ4n) is 2.13. The molecule has 0 atom stereocenters. The Balaban J connectivity index is 3.03. The summed E-state index contributed by atoms with van der Waals surface area (Å²) >= 11 is 6.11. The molecule has 0 unspecified atom stereocenters. The van der Waals surface area contributed by atoms with Gasteiger partial charge in [-0.15, -0.1) is 0 Å². The summed E-state index contributed by atoms with van der Waals surface area (Å²) in [6.07, 6.45) is 1.15. The molecule has 2 nitrogen and oxygen atoms in total. The van der Waals surface area contributed by atoms with Gasteiger partial charge in [-0.2, -0.15) is 0 Å². The van der Waals surface area contributed by atoms with Crippen molar-refractivity contribution in [3.63, 3.8) is 0 Å². The summed E-state index contributed by atoms with van der Waals surface area (Å²) in [4.78, 5) is 2.45. The number of hydrogen-bond acceptors (Lipinski definition) is 2. The van der Waals surface area contributed by atoms with E-state index in [0.717, 1.165) is 31.1 Å². The van der Waals surface area contributed by atoms with E-state index in [4.69, 9.17) is 11.6 Å². The zero-order valence-corrected chi connectivity index (χ0v) is 12.7. The highest BCUT2D eigenvalue weighted by Crippen LogP contribution is 2.26. The van der Waals surface area contributed by atoms with E-state index in [0.29, 0.717) is 6.04 Å². The van der Waals surface area contributed by atoms with Crippen molar-refractivity contribution in [2.45, 2.75) is 46.7 Å². The smallest absolute Gasteiger partial charge is 0.0415 e. The topological polar surface area (TPSA) is 15.3 Å². The first-order chi connectivity index (χ1) is 8.60. The molecule has 102 valence electrons. The van der Waals surface area contributed by atoms with Crippen LogP contribution in [0.25, 0.3) is 0 Å². The minimum atomic E-state index is 0.506. The number of nitrogens with zero attached hydrogens (tertiary/aromatic N) is 1. The third-order valence-electron chi connectivity index (χ3n) is 3.00. The van der Waals surface area contributed by atoms with Crippen molar-refractivity contribution in [3.05, 3.63) is 28.8 Å². The first-order valence-corrected chi connectivity index (χ1v) is 7.23. The molecule has 1 aromatic rings. The molecule has 1 aromatic carbocycles. The van der Waals surface area contributed by atoms with Crippen LogP contribution in [0.2, 0.25) is 5.02 Å². The van der Waals surface area contributed by atoms with Crippen LogP contribution >= 0.6 is 11.6 Å². The van der Waals surface area contributed by atoms with Crippen LogP contribution in [0.4, 0.5) is 5.69 Å². The lowest BCUT2D eigenvalue weighted by Gasteiger charge is -2.31. The summed E-state index contributed by atoms with van der Waals surface area (Å²) in [5.74, 6) is 0. The molecule has 0 aromatic heterocycles. The van der Waals surface area contributed by atoms with Crippen LogP contribution in [0.1, 0.15) is 39.7 Å². The molecule has 0 saturated heterocycles. The Labute approximate surface area is 116 Å². The Morgan fingerprint density at radius 2 is 2.00 bits per heavy atom. The average Bonchev–Trinajstić information content (AvgIpc) is 2.34. The van der Waals surface area contributed by atoms with Gasteiger partial charge in [0.15, 0.2) is 0 Å². The summed E-state index contributed by atoms with van der Waals surface area (Å²) < 4.78 is 0. The highest BCUT2D eigenvalue weighted by molar-refractivity contribution is 6.30. The maximum atomic E-state index is 6.11. The van der Waals surface area contributed by atoms with Crippen molar-refractivity contribution in [2.75, 3.05) is 18.0 Å². The van der Waals surface area contributed by atoms with Crippen molar-refractivity contribution >= 4 is 17.3 Å². The molecule has 0 spiro atoms. The number of halogens is 1. The normalized spacial score (nSPS) is 11.0. The van der Waals surface area contributed by atoms with Gasteiger partial charge >= 0.3 is 0 Å². The molecular formula is C15H25ClN2. The molecule has 1 N–H and O–H groups in total. The second-order valence-corrected chi connectivity index (χ2v) is 5.28. The third kappa shape index (κ3) is 4.18. The molecule has 0 aliphatic carbocycles. The molecule has 0 radical (unpaired) electrons. The van der Waals surface area contributed by atoms with Crippen LogP contribution in [0.15, 0.2) is 18.2 Å². The van der Waals surface area contributed by atoms with Gasteiger partial charge in [-0.3, -0.25) is 0 Å². The fourth-order valence-corrected chi connectivity index (χ4v) is 2.33. The van der Waals surface area contributed by atoms with Crippen LogP contribution < -0.4 is 10.2 Å². The molecule has 0 aliphatic heterocycles. The van der Waals surface area contributed by atoms with E-state index < -0.39 is 0 Å². The lowest BCUT2D eigenvalue weighted by atomic mass is 10.1. The maximum Gasteiger partial charge on any atom is 0.0415 e. The monoisotopic (exact) mass is 268 g/mol. The van der Waals surface area contributed by atoms with Crippen molar-refractivity contribution in [1.29, 1.82) is 0 Å². The lowest BCUT2D eigenvalue weighted by molar-refractivity contribution is 0.659. The van der Waals surface area contributed by atoms with Gasteiger partial charge in [0.25, 0.3) is 0 Å². The van der Waals surface area contributed by atoms with Gasteiger partial charge in [0.2, 0.25) is 0 Å². The van der Waals surface area contributed by atoms with E-state index in [2.05, 4.69) is 50.0 Å². The van der Waals surface area contributed by atoms with E-state index >= 15 is 0 Å². The molecular weight excluding hydrogens is 244 g/mol. The number of hydrogen-bond donors (Lipinski definition) is 1. The molecule has 18 heavy (non-hydrogen) atoms. The van der Waals surface area contributed by atoms with Gasteiger partial charge in [-0.05, 0) is 50.6 Å². The second kappa shape index (κ2) is 7.65. The quantitative estimate of drug-likeness (QED) is 0.802. The van der Waals surface area contributed by atoms with Crippen LogP contribution in [-0.4, -0.2) is 19.1 Å². The summed E-state index contributed by atoms with van der Waals surface area (Å²) in [5.41, 5.74) is 2.59. The number of anilines is 1. The van der Waals surface area contributed by atoms with Crippen molar-refractivity contribution < 1.29 is 0 Å². The number of rotatable bonds is 7. The predicted octanol–water partition coefficient (Wildman–Crippen LogP) is 4.07. The SMILES string of the molecule is CCCN(c1ccc(Cl)cc1CNCC)C(C)C. The molecule has 0 heterocycles. The van der Waals surface area contributed by atoms with Gasteiger partial charge in [0.05, 0.1) is 0 Å². The van der Waals surface area contributed by atoms with Crippen LogP contribution in [0.3, 0.4) is 0 Å². The molecule has 0 aliphatic rings. The Kier molecular flexibility index (Phi) is 6.51. The van der Waals surface area contributed by atoms with E-state index in [1.165, 1.54) is 11.3 Å². The molecule has 0 bridgehead atoms. The lowest BCUT2D eigenvalue weighted by Crippen LogP contribution is -2.32. The highest BCUT2D eigenvalue weighted by atomic mass is 35.5. The van der Waals surface area contributed by atoms with E-state index in [9.17, 15) is 0 Å². The number of benzene rings is 1. The van der Waals surface area contributed by atoms with Crippen molar-refractivity contribution in [3.8, 4) is 0 Å². The van der Waals surface area contributed by atoms with Gasteiger partial charge in [-0.25, -0.2) is 0 Å². The first-order valence-electron chi connectivity index (χ1n) is 6.85. The van der Waals surface area contributed by atoms with Crippen LogP contribution in [-0.2, 0) is 6.54 Å². The Hall–Kier alpha value is -0.730. The van der Waals surface area contributed by atoms with E-state index in [1.54, 1.807) is 0 Å². The van der Waals surface area contributed by atoms with Gasteiger partial charge in [-0.1, -0.05) is 25.4 Å². The Morgan fingerprint density at radius 3 is 2.56 bits per heavy atom. The largest absolute Gasteiger partial charge is 0.369 e. The van der Waals surface area contributed by atoms with Gasteiger partial charge in [0.1, 0.15) is 0 Å². The molecule has 0 amide bonds. The molecule has 0 fully saturated rings. The molecule has 3 heteroatoms. The zero-order valence-electron chi connectivity index (χ0n) is 12.0. The first kappa shape index (κ1) is 15.3.